The van der Waals surface area contributed by atoms with Crippen LogP contribution in [0.3, 0.4) is 0 Å². The van der Waals surface area contributed by atoms with Crippen LogP contribution in [-0.4, -0.2) is 12.6 Å². The van der Waals surface area contributed by atoms with Crippen molar-refractivity contribution in [3.05, 3.63) is 35.4 Å². The first kappa shape index (κ1) is 17.2. The predicted molar refractivity (Wildman–Crippen MR) is 90.5 cm³/mol. The Labute approximate surface area is 126 Å². The van der Waals surface area contributed by atoms with Crippen LogP contribution < -0.4 is 5.32 Å². The highest BCUT2D eigenvalue weighted by Gasteiger charge is 2.22. The average Bonchev–Trinajstić information content (AvgIpc) is 2.38. The van der Waals surface area contributed by atoms with Crippen LogP contribution in [-0.2, 0) is 10.8 Å². The molecule has 0 aromatic heterocycles. The van der Waals surface area contributed by atoms with Crippen molar-refractivity contribution in [1.82, 2.24) is 5.32 Å². The van der Waals surface area contributed by atoms with Gasteiger partial charge in [0.15, 0.2) is 0 Å². The minimum absolute atomic E-state index is 0.233. The molecular weight excluding hydrogens is 242 g/mol. The Hall–Kier alpha value is -0.820. The molecule has 1 rings (SSSR count). The molecule has 0 bridgehead atoms. The smallest absolute Gasteiger partial charge is 0.00103 e. The van der Waals surface area contributed by atoms with E-state index in [0.717, 1.165) is 6.54 Å². The second-order valence-corrected chi connectivity index (χ2v) is 7.56. The number of hydrogen-bond donors (Lipinski definition) is 1. The maximum absolute atomic E-state index is 3.52. The zero-order valence-corrected chi connectivity index (χ0v) is 14.5. The highest BCUT2D eigenvalue weighted by Crippen LogP contribution is 2.31. The fourth-order valence-corrected chi connectivity index (χ4v) is 2.39. The summed E-state index contributed by atoms with van der Waals surface area (Å²) in [6, 6.07) is 9.84. The van der Waals surface area contributed by atoms with Crippen LogP contribution >= 0.6 is 0 Å². The molecule has 114 valence electrons. The Morgan fingerprint density at radius 2 is 1.35 bits per heavy atom. The first-order valence-corrected chi connectivity index (χ1v) is 8.03. The third kappa shape index (κ3) is 4.63. The molecule has 0 saturated heterocycles. The van der Waals surface area contributed by atoms with Gasteiger partial charge in [-0.05, 0) is 41.3 Å². The molecule has 0 heterocycles. The molecule has 0 aliphatic carbocycles. The van der Waals surface area contributed by atoms with Gasteiger partial charge in [-0.1, -0.05) is 72.7 Å². The lowest BCUT2D eigenvalue weighted by molar-refractivity contribution is 0.440. The van der Waals surface area contributed by atoms with E-state index in [1.807, 2.05) is 0 Å². The lowest BCUT2D eigenvalue weighted by atomic mass is 9.78. The minimum atomic E-state index is 0.233. The summed E-state index contributed by atoms with van der Waals surface area (Å²) >= 11 is 0. The predicted octanol–water partition coefficient (Wildman–Crippen LogP) is 5.04. The molecule has 0 amide bonds. The molecule has 0 atom stereocenters. The SMILES string of the molecule is CCC(C)(C)c1ccc(C(C)(C)CCNC(C)C)cc1. The topological polar surface area (TPSA) is 12.0 Å². The Morgan fingerprint density at radius 1 is 0.900 bits per heavy atom. The summed E-state index contributed by atoms with van der Waals surface area (Å²) in [7, 11) is 0. The van der Waals surface area contributed by atoms with E-state index in [1.54, 1.807) is 0 Å². The highest BCUT2D eigenvalue weighted by molar-refractivity contribution is 5.31. The standard InChI is InChI=1S/C19H33N/c1-8-18(4,5)16-9-11-17(12-10-16)19(6,7)13-14-20-15(2)3/h9-12,15,20H,8,13-14H2,1-7H3. The van der Waals surface area contributed by atoms with E-state index in [0.29, 0.717) is 6.04 Å². The number of benzene rings is 1. The number of rotatable bonds is 7. The van der Waals surface area contributed by atoms with Crippen molar-refractivity contribution in [3.8, 4) is 0 Å². The maximum atomic E-state index is 3.52. The van der Waals surface area contributed by atoms with Gasteiger partial charge in [-0.3, -0.25) is 0 Å². The first-order valence-electron chi connectivity index (χ1n) is 8.03. The Balaban J connectivity index is 2.76. The van der Waals surface area contributed by atoms with Crippen LogP contribution in [0.25, 0.3) is 0 Å². The van der Waals surface area contributed by atoms with Gasteiger partial charge in [0.25, 0.3) is 0 Å². The van der Waals surface area contributed by atoms with Crippen LogP contribution in [0.4, 0.5) is 0 Å². The third-order valence-corrected chi connectivity index (χ3v) is 4.63. The van der Waals surface area contributed by atoms with Crippen LogP contribution in [0.2, 0.25) is 0 Å². The van der Waals surface area contributed by atoms with E-state index >= 15 is 0 Å². The summed E-state index contributed by atoms with van der Waals surface area (Å²) in [6.07, 6.45) is 2.34. The molecule has 0 spiro atoms. The molecule has 1 nitrogen and oxygen atoms in total. The second-order valence-electron chi connectivity index (χ2n) is 7.56. The zero-order valence-electron chi connectivity index (χ0n) is 14.5. The molecule has 0 unspecified atom stereocenters. The molecular formula is C19H33N. The molecule has 1 aromatic carbocycles. The van der Waals surface area contributed by atoms with Gasteiger partial charge in [-0.15, -0.1) is 0 Å². The normalized spacial score (nSPS) is 13.0. The second kappa shape index (κ2) is 6.76. The summed E-state index contributed by atoms with van der Waals surface area (Å²) in [6.45, 7) is 17.1. The fourth-order valence-electron chi connectivity index (χ4n) is 2.39. The van der Waals surface area contributed by atoms with E-state index in [4.69, 9.17) is 0 Å². The Morgan fingerprint density at radius 3 is 1.75 bits per heavy atom. The quantitative estimate of drug-likeness (QED) is 0.735. The van der Waals surface area contributed by atoms with Crippen molar-refractivity contribution in [1.29, 1.82) is 0 Å². The first-order chi connectivity index (χ1) is 9.19. The summed E-state index contributed by atoms with van der Waals surface area (Å²) in [5, 5.41) is 3.52. The Kier molecular flexibility index (Phi) is 5.82. The van der Waals surface area contributed by atoms with Gasteiger partial charge >= 0.3 is 0 Å². The van der Waals surface area contributed by atoms with Crippen LogP contribution in [0, 0.1) is 0 Å². The van der Waals surface area contributed by atoms with Gasteiger partial charge in [-0.2, -0.15) is 0 Å². The molecule has 0 aliphatic heterocycles. The van der Waals surface area contributed by atoms with Gasteiger partial charge < -0.3 is 5.32 Å². The van der Waals surface area contributed by atoms with Crippen LogP contribution in [0.5, 0.6) is 0 Å². The highest BCUT2D eigenvalue weighted by atomic mass is 14.9. The van der Waals surface area contributed by atoms with Gasteiger partial charge in [-0.25, -0.2) is 0 Å². The van der Waals surface area contributed by atoms with Gasteiger partial charge in [0.1, 0.15) is 0 Å². The summed E-state index contributed by atoms with van der Waals surface area (Å²) in [4.78, 5) is 0. The molecule has 0 fully saturated rings. The molecule has 0 radical (unpaired) electrons. The van der Waals surface area contributed by atoms with Crippen molar-refractivity contribution in [2.45, 2.75) is 78.2 Å². The van der Waals surface area contributed by atoms with Crippen molar-refractivity contribution in [2.75, 3.05) is 6.54 Å². The van der Waals surface area contributed by atoms with Crippen LogP contribution in [0.15, 0.2) is 24.3 Å². The molecule has 1 aromatic rings. The molecule has 1 heteroatoms. The molecule has 1 N–H and O–H groups in total. The Bertz CT molecular complexity index is 398. The monoisotopic (exact) mass is 275 g/mol. The largest absolute Gasteiger partial charge is 0.315 e. The zero-order chi connectivity index (χ0) is 15.4. The minimum Gasteiger partial charge on any atom is -0.315 e. The average molecular weight is 275 g/mol. The van der Waals surface area contributed by atoms with E-state index < -0.39 is 0 Å². The van der Waals surface area contributed by atoms with Crippen molar-refractivity contribution >= 4 is 0 Å². The lowest BCUT2D eigenvalue weighted by Crippen LogP contribution is -2.29. The molecule has 0 aliphatic rings. The van der Waals surface area contributed by atoms with E-state index in [9.17, 15) is 0 Å². The summed E-state index contributed by atoms with van der Waals surface area (Å²) in [5.41, 5.74) is 3.40. The van der Waals surface area contributed by atoms with Gasteiger partial charge in [0.05, 0.1) is 0 Å². The summed E-state index contributed by atoms with van der Waals surface area (Å²) in [5.74, 6) is 0. The van der Waals surface area contributed by atoms with Gasteiger partial charge in [0, 0.05) is 6.04 Å². The van der Waals surface area contributed by atoms with Gasteiger partial charge in [0.2, 0.25) is 0 Å². The molecule has 0 saturated carbocycles. The van der Waals surface area contributed by atoms with Crippen LogP contribution in [0.1, 0.15) is 72.4 Å². The summed E-state index contributed by atoms with van der Waals surface area (Å²) < 4.78 is 0. The van der Waals surface area contributed by atoms with E-state index in [-0.39, 0.29) is 10.8 Å². The molecule has 20 heavy (non-hydrogen) atoms. The van der Waals surface area contributed by atoms with E-state index in [1.165, 1.54) is 24.0 Å². The van der Waals surface area contributed by atoms with Crippen molar-refractivity contribution in [2.24, 2.45) is 0 Å². The van der Waals surface area contributed by atoms with E-state index in [2.05, 4.69) is 78.0 Å². The fraction of sp³-hybridized carbons (Fsp3) is 0.684. The maximum Gasteiger partial charge on any atom is 0.00103 e. The third-order valence-electron chi connectivity index (χ3n) is 4.63. The lowest BCUT2D eigenvalue weighted by Gasteiger charge is -2.28. The van der Waals surface area contributed by atoms with Crippen molar-refractivity contribution in [3.63, 3.8) is 0 Å². The van der Waals surface area contributed by atoms with Crippen molar-refractivity contribution < 1.29 is 0 Å². The number of nitrogens with one attached hydrogen (secondary N) is 1. The number of hydrogen-bond acceptors (Lipinski definition) is 1.